The third-order valence-corrected chi connectivity index (χ3v) is 9.26. The van der Waals surface area contributed by atoms with E-state index in [0.717, 1.165) is 22.8 Å². The van der Waals surface area contributed by atoms with Crippen molar-refractivity contribution in [3.05, 3.63) is 114 Å². The first-order valence-electron chi connectivity index (χ1n) is 12.2. The number of nitrogens with one attached hydrogen (secondary N) is 2. The van der Waals surface area contributed by atoms with Gasteiger partial charge in [-0.3, -0.25) is 13.8 Å². The summed E-state index contributed by atoms with van der Waals surface area (Å²) >= 11 is 0. The first kappa shape index (κ1) is 28.8. The largest absolute Gasteiger partial charge is 0.325 e. The Morgan fingerprint density at radius 2 is 1.38 bits per heavy atom. The third-order valence-electron chi connectivity index (χ3n) is 6.10. The summed E-state index contributed by atoms with van der Waals surface area (Å²) in [5.74, 6) is -1.56. The zero-order valence-electron chi connectivity index (χ0n) is 22.1. The number of benzene rings is 4. The van der Waals surface area contributed by atoms with E-state index in [2.05, 4.69) is 10.0 Å². The molecule has 0 radical (unpaired) electrons. The van der Waals surface area contributed by atoms with Gasteiger partial charge in [0, 0.05) is 5.69 Å². The van der Waals surface area contributed by atoms with Crippen LogP contribution in [0.3, 0.4) is 0 Å². The molecular formula is C29H28FN3O5S2. The number of hydrogen-bond acceptors (Lipinski definition) is 5. The van der Waals surface area contributed by atoms with Gasteiger partial charge in [0.1, 0.15) is 12.4 Å². The molecule has 0 saturated carbocycles. The first-order valence-corrected chi connectivity index (χ1v) is 15.1. The Balaban J connectivity index is 1.54. The molecule has 40 heavy (non-hydrogen) atoms. The topological polar surface area (TPSA) is 113 Å². The van der Waals surface area contributed by atoms with Crippen molar-refractivity contribution in [2.24, 2.45) is 0 Å². The molecule has 2 N–H and O–H groups in total. The monoisotopic (exact) mass is 581 g/mol. The summed E-state index contributed by atoms with van der Waals surface area (Å²) in [4.78, 5) is 12.8. The Hall–Kier alpha value is -4.22. The van der Waals surface area contributed by atoms with Crippen LogP contribution in [0.25, 0.3) is 0 Å². The van der Waals surface area contributed by atoms with E-state index >= 15 is 0 Å². The molecule has 1 amide bonds. The maximum absolute atomic E-state index is 14.7. The maximum atomic E-state index is 14.7. The molecule has 0 atom stereocenters. The van der Waals surface area contributed by atoms with Gasteiger partial charge in [-0.05, 0) is 86.5 Å². The molecule has 4 aromatic carbocycles. The average molecular weight is 582 g/mol. The van der Waals surface area contributed by atoms with Crippen molar-refractivity contribution in [1.82, 2.24) is 0 Å². The van der Waals surface area contributed by atoms with Crippen LogP contribution >= 0.6 is 0 Å². The highest BCUT2D eigenvalue weighted by atomic mass is 32.2. The number of hydrogen-bond donors (Lipinski definition) is 2. The molecule has 0 aromatic heterocycles. The number of amides is 1. The van der Waals surface area contributed by atoms with E-state index in [4.69, 9.17) is 0 Å². The lowest BCUT2D eigenvalue weighted by Gasteiger charge is -2.24. The molecule has 0 unspecified atom stereocenters. The second kappa shape index (κ2) is 11.5. The zero-order chi connectivity index (χ0) is 29.1. The molecule has 4 rings (SSSR count). The molecule has 11 heteroatoms. The minimum atomic E-state index is -4.30. The molecule has 0 aliphatic carbocycles. The Morgan fingerprint density at radius 3 is 2.02 bits per heavy atom. The number of aryl methyl sites for hydroxylation is 3. The number of rotatable bonds is 9. The minimum Gasteiger partial charge on any atom is -0.325 e. The smallest absolute Gasteiger partial charge is 0.264 e. The van der Waals surface area contributed by atoms with Crippen LogP contribution in [0, 0.1) is 26.6 Å². The number of carbonyl (C=O) groups is 1. The Labute approximate surface area is 233 Å². The highest BCUT2D eigenvalue weighted by molar-refractivity contribution is 7.93. The first-order chi connectivity index (χ1) is 18.9. The fourth-order valence-electron chi connectivity index (χ4n) is 3.89. The van der Waals surface area contributed by atoms with E-state index in [0.29, 0.717) is 9.99 Å². The number of nitrogens with zero attached hydrogens (tertiary/aromatic N) is 1. The van der Waals surface area contributed by atoms with Crippen LogP contribution < -0.4 is 14.3 Å². The zero-order valence-corrected chi connectivity index (χ0v) is 23.7. The lowest BCUT2D eigenvalue weighted by Crippen LogP contribution is -2.38. The van der Waals surface area contributed by atoms with Crippen LogP contribution in [0.1, 0.15) is 16.7 Å². The number of para-hydroxylation sites is 1. The van der Waals surface area contributed by atoms with Crippen molar-refractivity contribution in [1.29, 1.82) is 0 Å². The molecule has 0 bridgehead atoms. The van der Waals surface area contributed by atoms with Crippen LogP contribution in [-0.4, -0.2) is 29.3 Å². The van der Waals surface area contributed by atoms with Crippen LogP contribution in [0.5, 0.6) is 0 Å². The van der Waals surface area contributed by atoms with E-state index < -0.39 is 38.3 Å². The quantitative estimate of drug-likeness (QED) is 0.275. The molecule has 0 spiro atoms. The molecule has 0 fully saturated rings. The Morgan fingerprint density at radius 1 is 0.775 bits per heavy atom. The number of carbonyl (C=O) groups excluding carboxylic acids is 1. The van der Waals surface area contributed by atoms with E-state index in [9.17, 15) is 26.0 Å². The van der Waals surface area contributed by atoms with Gasteiger partial charge in [-0.1, -0.05) is 42.0 Å². The van der Waals surface area contributed by atoms with E-state index in [-0.39, 0.29) is 21.2 Å². The van der Waals surface area contributed by atoms with Gasteiger partial charge < -0.3 is 5.32 Å². The van der Waals surface area contributed by atoms with Crippen molar-refractivity contribution < 1.29 is 26.0 Å². The van der Waals surface area contributed by atoms with Crippen LogP contribution in [0.15, 0.2) is 101 Å². The Bertz CT molecular complexity index is 1760. The third kappa shape index (κ3) is 6.49. The molecule has 208 valence electrons. The summed E-state index contributed by atoms with van der Waals surface area (Å²) in [6.45, 7) is 4.73. The Kier molecular flexibility index (Phi) is 8.26. The minimum absolute atomic E-state index is 0.0265. The summed E-state index contributed by atoms with van der Waals surface area (Å²) < 4.78 is 70.6. The summed E-state index contributed by atoms with van der Waals surface area (Å²) in [5, 5.41) is 2.56. The highest BCUT2D eigenvalue weighted by Gasteiger charge is 2.29. The van der Waals surface area contributed by atoms with Crippen LogP contribution in [0.2, 0.25) is 0 Å². The van der Waals surface area contributed by atoms with E-state index in [1.54, 1.807) is 32.0 Å². The molecule has 0 aliphatic heterocycles. The molecule has 4 aromatic rings. The molecule has 0 heterocycles. The van der Waals surface area contributed by atoms with Crippen molar-refractivity contribution in [3.63, 3.8) is 0 Å². The fraction of sp³-hybridized carbons (Fsp3) is 0.138. The SMILES string of the molecule is Cc1ccc(S(=O)(=O)N(CC(=O)Nc2ccc(S(=O)(=O)Nc3cc(C)ccc3C)cc2)c2ccccc2F)cc1. The van der Waals surface area contributed by atoms with E-state index in [1.807, 2.05) is 19.1 Å². The molecular weight excluding hydrogens is 553 g/mol. The fourth-order valence-corrected chi connectivity index (χ4v) is 6.44. The van der Waals surface area contributed by atoms with Crippen molar-refractivity contribution in [3.8, 4) is 0 Å². The second-order valence-corrected chi connectivity index (χ2v) is 12.8. The summed E-state index contributed by atoms with van der Waals surface area (Å²) in [6, 6.07) is 22.1. The van der Waals surface area contributed by atoms with Gasteiger partial charge in [-0.2, -0.15) is 0 Å². The average Bonchev–Trinajstić information content (AvgIpc) is 2.90. The molecule has 8 nitrogen and oxygen atoms in total. The number of halogens is 1. The summed E-state index contributed by atoms with van der Waals surface area (Å²) in [5.41, 5.74) is 2.91. The van der Waals surface area contributed by atoms with Crippen LogP contribution in [0.4, 0.5) is 21.5 Å². The number of anilines is 3. The highest BCUT2D eigenvalue weighted by Crippen LogP contribution is 2.27. The van der Waals surface area contributed by atoms with Crippen molar-refractivity contribution >= 4 is 43.0 Å². The van der Waals surface area contributed by atoms with Gasteiger partial charge in [0.25, 0.3) is 20.0 Å². The molecule has 0 aliphatic rings. The van der Waals surface area contributed by atoms with Gasteiger partial charge in [-0.15, -0.1) is 0 Å². The summed E-state index contributed by atoms with van der Waals surface area (Å²) in [6.07, 6.45) is 0. The second-order valence-electron chi connectivity index (χ2n) is 9.27. The van der Waals surface area contributed by atoms with Gasteiger partial charge in [0.15, 0.2) is 0 Å². The van der Waals surface area contributed by atoms with Crippen LogP contribution in [-0.2, 0) is 24.8 Å². The predicted molar refractivity (Wildman–Crippen MR) is 154 cm³/mol. The van der Waals surface area contributed by atoms with E-state index in [1.165, 1.54) is 54.6 Å². The standard InChI is InChI=1S/C29H28FN3O5S2/c1-20-9-14-25(15-10-20)40(37,38)33(28-7-5-4-6-26(28)30)19-29(34)31-23-12-16-24(17-13-23)39(35,36)32-27-18-21(2)8-11-22(27)3/h4-18,32H,19H2,1-3H3,(H,31,34). The van der Waals surface area contributed by atoms with Crippen molar-refractivity contribution in [2.45, 2.75) is 30.6 Å². The van der Waals surface area contributed by atoms with Gasteiger partial charge in [0.2, 0.25) is 5.91 Å². The van der Waals surface area contributed by atoms with Gasteiger partial charge in [0.05, 0.1) is 21.2 Å². The number of sulfonamides is 2. The van der Waals surface area contributed by atoms with Gasteiger partial charge in [-0.25, -0.2) is 21.2 Å². The molecule has 0 saturated heterocycles. The lowest BCUT2D eigenvalue weighted by atomic mass is 10.1. The predicted octanol–water partition coefficient (Wildman–Crippen LogP) is 5.39. The maximum Gasteiger partial charge on any atom is 0.264 e. The lowest BCUT2D eigenvalue weighted by molar-refractivity contribution is -0.114. The van der Waals surface area contributed by atoms with Crippen molar-refractivity contribution in [2.75, 3.05) is 20.9 Å². The summed E-state index contributed by atoms with van der Waals surface area (Å²) in [7, 11) is -8.20. The normalized spacial score (nSPS) is 11.6. The van der Waals surface area contributed by atoms with Gasteiger partial charge >= 0.3 is 0 Å².